The lowest BCUT2D eigenvalue weighted by Crippen LogP contribution is -2.50. The number of amides is 1. The van der Waals surface area contributed by atoms with E-state index >= 15 is 0 Å². The van der Waals surface area contributed by atoms with E-state index < -0.39 is 11.5 Å². The molecular formula is C15H22N2O4. The lowest BCUT2D eigenvalue weighted by molar-refractivity contribution is -0.143. The van der Waals surface area contributed by atoms with Gasteiger partial charge in [0.2, 0.25) is 5.91 Å². The highest BCUT2D eigenvalue weighted by molar-refractivity contribution is 5.81. The van der Waals surface area contributed by atoms with Crippen LogP contribution in [0.5, 0.6) is 5.75 Å². The quantitative estimate of drug-likeness (QED) is 0.660. The van der Waals surface area contributed by atoms with Gasteiger partial charge in [0.05, 0.1) is 13.7 Å². The maximum atomic E-state index is 11.6. The number of carbonyl (C=O) groups excluding carboxylic acids is 1. The summed E-state index contributed by atoms with van der Waals surface area (Å²) in [6, 6.07) is 7.62. The van der Waals surface area contributed by atoms with Gasteiger partial charge in [-0.2, -0.15) is 0 Å². The fourth-order valence-electron chi connectivity index (χ4n) is 1.58. The van der Waals surface area contributed by atoms with Crippen LogP contribution < -0.4 is 15.4 Å². The molecule has 1 aromatic rings. The molecule has 6 nitrogen and oxygen atoms in total. The maximum Gasteiger partial charge on any atom is 0.323 e. The standard InChI is InChI=1S/C15H22N2O4/c1-15(2,14(19)20)17-10-13(18)16-9-8-11-4-6-12(21-3)7-5-11/h4-7,17H,8-10H2,1-3H3,(H,16,18)(H,19,20). The Labute approximate surface area is 124 Å². The summed E-state index contributed by atoms with van der Waals surface area (Å²) in [5.41, 5.74) is -0.0252. The lowest BCUT2D eigenvalue weighted by Gasteiger charge is -2.20. The number of nitrogens with one attached hydrogen (secondary N) is 2. The van der Waals surface area contributed by atoms with Crippen molar-refractivity contribution < 1.29 is 19.4 Å². The van der Waals surface area contributed by atoms with Crippen molar-refractivity contribution in [3.63, 3.8) is 0 Å². The van der Waals surface area contributed by atoms with E-state index in [1.54, 1.807) is 7.11 Å². The van der Waals surface area contributed by atoms with Crippen LogP contribution in [0.25, 0.3) is 0 Å². The van der Waals surface area contributed by atoms with Gasteiger partial charge in [0.1, 0.15) is 11.3 Å². The van der Waals surface area contributed by atoms with E-state index in [-0.39, 0.29) is 12.5 Å². The van der Waals surface area contributed by atoms with Gasteiger partial charge in [-0.3, -0.25) is 14.9 Å². The summed E-state index contributed by atoms with van der Waals surface area (Å²) in [4.78, 5) is 22.5. The Kier molecular flexibility index (Phi) is 6.17. The molecular weight excluding hydrogens is 272 g/mol. The Bertz CT molecular complexity index is 483. The normalized spacial score (nSPS) is 11.0. The lowest BCUT2D eigenvalue weighted by atomic mass is 10.1. The molecule has 6 heteroatoms. The fourth-order valence-corrected chi connectivity index (χ4v) is 1.58. The van der Waals surface area contributed by atoms with Crippen LogP contribution in [0, 0.1) is 0 Å². The highest BCUT2D eigenvalue weighted by Crippen LogP contribution is 2.11. The molecule has 1 aromatic carbocycles. The zero-order chi connectivity index (χ0) is 15.9. The highest BCUT2D eigenvalue weighted by atomic mass is 16.5. The molecule has 3 N–H and O–H groups in total. The van der Waals surface area contributed by atoms with E-state index in [9.17, 15) is 9.59 Å². The number of ether oxygens (including phenoxy) is 1. The summed E-state index contributed by atoms with van der Waals surface area (Å²) < 4.78 is 5.07. The Morgan fingerprint density at radius 1 is 1.24 bits per heavy atom. The third-order valence-corrected chi connectivity index (χ3v) is 3.12. The fraction of sp³-hybridized carbons (Fsp3) is 0.467. The molecule has 0 fully saturated rings. The summed E-state index contributed by atoms with van der Waals surface area (Å²) in [6.07, 6.45) is 0.706. The second-order valence-corrected chi connectivity index (χ2v) is 5.23. The number of carboxylic acids is 1. The average molecular weight is 294 g/mol. The molecule has 1 rings (SSSR count). The Balaban J connectivity index is 2.28. The van der Waals surface area contributed by atoms with Crippen molar-refractivity contribution in [3.05, 3.63) is 29.8 Å². The average Bonchev–Trinajstić information content (AvgIpc) is 2.46. The Morgan fingerprint density at radius 3 is 2.38 bits per heavy atom. The van der Waals surface area contributed by atoms with Crippen molar-refractivity contribution in [1.82, 2.24) is 10.6 Å². The highest BCUT2D eigenvalue weighted by Gasteiger charge is 2.26. The van der Waals surface area contributed by atoms with Gasteiger partial charge in [-0.15, -0.1) is 0 Å². The smallest absolute Gasteiger partial charge is 0.323 e. The predicted octanol–water partition coefficient (Wildman–Crippen LogP) is 0.807. The van der Waals surface area contributed by atoms with Crippen LogP contribution in [0.3, 0.4) is 0 Å². The van der Waals surface area contributed by atoms with Gasteiger partial charge in [0.25, 0.3) is 0 Å². The first-order valence-electron chi connectivity index (χ1n) is 6.73. The summed E-state index contributed by atoms with van der Waals surface area (Å²) >= 11 is 0. The van der Waals surface area contributed by atoms with Crippen LogP contribution >= 0.6 is 0 Å². The molecule has 0 aliphatic heterocycles. The largest absolute Gasteiger partial charge is 0.497 e. The Morgan fingerprint density at radius 2 is 1.86 bits per heavy atom. The number of carboxylic acid groups (broad SMARTS) is 1. The molecule has 0 atom stereocenters. The minimum absolute atomic E-state index is 0.0259. The molecule has 0 aliphatic carbocycles. The van der Waals surface area contributed by atoms with E-state index in [1.807, 2.05) is 24.3 Å². The van der Waals surface area contributed by atoms with Gasteiger partial charge in [0.15, 0.2) is 0 Å². The minimum atomic E-state index is -1.12. The summed E-state index contributed by atoms with van der Waals surface area (Å²) in [5, 5.41) is 14.4. The SMILES string of the molecule is COc1ccc(CCNC(=O)CNC(C)(C)C(=O)O)cc1. The first-order valence-corrected chi connectivity index (χ1v) is 6.73. The zero-order valence-electron chi connectivity index (χ0n) is 12.6. The van der Waals surface area contributed by atoms with Gasteiger partial charge >= 0.3 is 5.97 Å². The van der Waals surface area contributed by atoms with E-state index in [1.165, 1.54) is 13.8 Å². The molecule has 0 aromatic heterocycles. The minimum Gasteiger partial charge on any atom is -0.497 e. The second kappa shape index (κ2) is 7.64. The second-order valence-electron chi connectivity index (χ2n) is 5.23. The van der Waals surface area contributed by atoms with E-state index in [0.29, 0.717) is 13.0 Å². The van der Waals surface area contributed by atoms with Gasteiger partial charge in [0, 0.05) is 6.54 Å². The predicted molar refractivity (Wildman–Crippen MR) is 79.4 cm³/mol. The van der Waals surface area contributed by atoms with Crippen molar-refractivity contribution in [2.24, 2.45) is 0 Å². The molecule has 21 heavy (non-hydrogen) atoms. The van der Waals surface area contributed by atoms with Gasteiger partial charge in [-0.1, -0.05) is 12.1 Å². The number of hydrogen-bond acceptors (Lipinski definition) is 4. The topological polar surface area (TPSA) is 87.7 Å². The van der Waals surface area contributed by atoms with E-state index in [0.717, 1.165) is 11.3 Å². The molecule has 0 saturated heterocycles. The van der Waals surface area contributed by atoms with Crippen molar-refractivity contribution in [3.8, 4) is 5.75 Å². The number of methoxy groups -OCH3 is 1. The molecule has 116 valence electrons. The molecule has 0 unspecified atom stereocenters. The molecule has 0 saturated carbocycles. The zero-order valence-corrected chi connectivity index (χ0v) is 12.6. The Hall–Kier alpha value is -2.08. The summed E-state index contributed by atoms with van der Waals surface area (Å²) in [5.74, 6) is -0.422. The van der Waals surface area contributed by atoms with Crippen LogP contribution in [0.1, 0.15) is 19.4 Å². The van der Waals surface area contributed by atoms with Crippen LogP contribution in [-0.4, -0.2) is 42.7 Å². The van der Waals surface area contributed by atoms with Crippen LogP contribution in [-0.2, 0) is 16.0 Å². The maximum absolute atomic E-state index is 11.6. The summed E-state index contributed by atoms with van der Waals surface area (Å²) in [7, 11) is 1.61. The molecule has 1 amide bonds. The van der Waals surface area contributed by atoms with Crippen molar-refractivity contribution in [2.75, 3.05) is 20.2 Å². The summed E-state index contributed by atoms with van der Waals surface area (Å²) in [6.45, 7) is 3.50. The molecule has 0 bridgehead atoms. The van der Waals surface area contributed by atoms with Gasteiger partial charge in [-0.25, -0.2) is 0 Å². The number of aliphatic carboxylic acids is 1. The van der Waals surface area contributed by atoms with Crippen LogP contribution in [0.4, 0.5) is 0 Å². The third-order valence-electron chi connectivity index (χ3n) is 3.12. The molecule has 0 aliphatic rings. The van der Waals surface area contributed by atoms with Crippen molar-refractivity contribution >= 4 is 11.9 Å². The monoisotopic (exact) mass is 294 g/mol. The third kappa shape index (κ3) is 5.83. The van der Waals surface area contributed by atoms with Crippen molar-refractivity contribution in [1.29, 1.82) is 0 Å². The first kappa shape index (κ1) is 17.0. The van der Waals surface area contributed by atoms with Crippen molar-refractivity contribution in [2.45, 2.75) is 25.8 Å². The molecule has 0 radical (unpaired) electrons. The van der Waals surface area contributed by atoms with Gasteiger partial charge in [-0.05, 0) is 38.0 Å². The van der Waals surface area contributed by atoms with E-state index in [2.05, 4.69) is 10.6 Å². The van der Waals surface area contributed by atoms with E-state index in [4.69, 9.17) is 9.84 Å². The molecule has 0 spiro atoms. The number of carbonyl (C=O) groups is 2. The van der Waals surface area contributed by atoms with Crippen LogP contribution in [0.15, 0.2) is 24.3 Å². The van der Waals surface area contributed by atoms with Gasteiger partial charge < -0.3 is 15.2 Å². The van der Waals surface area contributed by atoms with Crippen LogP contribution in [0.2, 0.25) is 0 Å². The first-order chi connectivity index (χ1) is 9.85. The number of rotatable bonds is 8. The number of benzene rings is 1. The molecule has 0 heterocycles. The number of hydrogen-bond donors (Lipinski definition) is 3.